The summed E-state index contributed by atoms with van der Waals surface area (Å²) in [6.45, 7) is 1.70. The summed E-state index contributed by atoms with van der Waals surface area (Å²) >= 11 is 18.6. The van der Waals surface area contributed by atoms with E-state index in [2.05, 4.69) is 27.6 Å². The van der Waals surface area contributed by atoms with E-state index in [1.807, 2.05) is 0 Å². The highest BCUT2D eigenvalue weighted by Gasteiger charge is 1.75. The second-order valence-corrected chi connectivity index (χ2v) is 2.58. The Hall–Kier alpha value is 1.12. The van der Waals surface area contributed by atoms with Crippen LogP contribution in [0.3, 0.4) is 0 Å². The van der Waals surface area contributed by atoms with Crippen molar-refractivity contribution in [2.45, 2.75) is 11.8 Å². The van der Waals surface area contributed by atoms with Crippen molar-refractivity contribution in [1.82, 2.24) is 0 Å². The Morgan fingerprint density at radius 1 is 1.29 bits per heavy atom. The van der Waals surface area contributed by atoms with Crippen LogP contribution in [-0.2, 0) is 3.84 Å². The fourth-order valence-corrected chi connectivity index (χ4v) is 0. The molecule has 0 fully saturated rings. The van der Waals surface area contributed by atoms with Crippen molar-refractivity contribution in [3.8, 4) is 0 Å². The van der Waals surface area contributed by atoms with E-state index in [0.29, 0.717) is 0 Å². The molecule has 0 aromatic heterocycles. The molecule has 0 aromatic carbocycles. The molecule has 0 amide bonds. The molecular weight excluding hydrogens is 182 g/mol. The van der Waals surface area contributed by atoms with E-state index >= 15 is 0 Å². The summed E-state index contributed by atoms with van der Waals surface area (Å²) < 4.78 is 3.19. The SMILES string of the molecule is CC(Cl)Cl.ClOCl. The molecule has 0 bridgehead atoms. The molecule has 1 nitrogen and oxygen atoms in total. The largest absolute Gasteiger partial charge is 0.166 e. The minimum absolute atomic E-state index is 0.222. The molecule has 7 heavy (non-hydrogen) atoms. The summed E-state index contributed by atoms with van der Waals surface area (Å²) in [7, 11) is 0. The average Bonchev–Trinajstić information content (AvgIpc) is 1.33. The first-order chi connectivity index (χ1) is 3.15. The number of rotatable bonds is 0. The Morgan fingerprint density at radius 2 is 1.29 bits per heavy atom. The zero-order valence-corrected chi connectivity index (χ0v) is 6.52. The lowest BCUT2D eigenvalue weighted by atomic mass is 11.0. The predicted octanol–water partition coefficient (Wildman–Crippen LogP) is 3.12. The molecule has 0 unspecified atom stereocenters. The van der Waals surface area contributed by atoms with Gasteiger partial charge in [0.2, 0.25) is 0 Å². The molecule has 0 aromatic rings. The lowest BCUT2D eigenvalue weighted by molar-refractivity contribution is 0.697. The van der Waals surface area contributed by atoms with Gasteiger partial charge in [0, 0.05) is 0 Å². The zero-order chi connectivity index (χ0) is 6.28. The van der Waals surface area contributed by atoms with Crippen molar-refractivity contribution < 1.29 is 3.84 Å². The van der Waals surface area contributed by atoms with Crippen molar-refractivity contribution in [3.05, 3.63) is 0 Å². The third kappa shape index (κ3) is 149. The van der Waals surface area contributed by atoms with Gasteiger partial charge in [-0.25, -0.2) is 0 Å². The fourth-order valence-electron chi connectivity index (χ4n) is 0. The first kappa shape index (κ1) is 11.0. The van der Waals surface area contributed by atoms with Crippen molar-refractivity contribution in [2.24, 2.45) is 0 Å². The number of halogens is 4. The van der Waals surface area contributed by atoms with Gasteiger partial charge in [-0.05, 0) is 6.92 Å². The van der Waals surface area contributed by atoms with Crippen molar-refractivity contribution in [3.63, 3.8) is 0 Å². The number of hydrogen-bond donors (Lipinski definition) is 0. The van der Waals surface area contributed by atoms with Gasteiger partial charge in [0.25, 0.3) is 0 Å². The summed E-state index contributed by atoms with van der Waals surface area (Å²) in [6.07, 6.45) is 0. The molecule has 0 saturated carbocycles. The Morgan fingerprint density at radius 3 is 1.29 bits per heavy atom. The summed E-state index contributed by atoms with van der Waals surface area (Å²) in [5.74, 6) is 0. The Labute approximate surface area is 62.8 Å². The molecule has 5 heteroatoms. The van der Waals surface area contributed by atoms with Crippen LogP contribution in [0.1, 0.15) is 6.92 Å². The maximum Gasteiger partial charge on any atom is 0.105 e. The maximum atomic E-state index is 5.04. The minimum Gasteiger partial charge on any atom is -0.166 e. The van der Waals surface area contributed by atoms with E-state index in [0.717, 1.165) is 0 Å². The molecule has 0 rings (SSSR count). The predicted molar refractivity (Wildman–Crippen MR) is 34.0 cm³/mol. The minimum atomic E-state index is -0.222. The van der Waals surface area contributed by atoms with Crippen LogP contribution in [-0.4, -0.2) is 4.84 Å². The smallest absolute Gasteiger partial charge is 0.105 e. The highest BCUT2D eigenvalue weighted by molar-refractivity contribution is 6.43. The van der Waals surface area contributed by atoms with Crippen molar-refractivity contribution in [1.29, 1.82) is 0 Å². The van der Waals surface area contributed by atoms with E-state index in [1.54, 1.807) is 6.92 Å². The second kappa shape index (κ2) is 10.2. The average molecular weight is 186 g/mol. The van der Waals surface area contributed by atoms with Crippen LogP contribution < -0.4 is 0 Å². The molecule has 0 aliphatic rings. The molecule has 0 N–H and O–H groups in total. The quantitative estimate of drug-likeness (QED) is 0.528. The second-order valence-electron chi connectivity index (χ2n) is 0.577. The number of alkyl halides is 2. The molecular formula is C2H4Cl4O. The van der Waals surface area contributed by atoms with Crippen LogP contribution in [0, 0.1) is 0 Å². The van der Waals surface area contributed by atoms with Crippen LogP contribution >= 0.6 is 46.9 Å². The molecule has 0 spiro atoms. The van der Waals surface area contributed by atoms with Crippen LogP contribution in [0.5, 0.6) is 0 Å². The molecule has 0 atom stereocenters. The molecule has 0 heterocycles. The molecule has 0 saturated heterocycles. The Bertz CT molecular complexity index is 20.9. The highest BCUT2D eigenvalue weighted by atomic mass is 35.6. The van der Waals surface area contributed by atoms with Gasteiger partial charge in [0.1, 0.15) is 4.84 Å². The summed E-state index contributed by atoms with van der Waals surface area (Å²) in [5, 5.41) is 0. The van der Waals surface area contributed by atoms with Crippen LogP contribution in [0.25, 0.3) is 0 Å². The van der Waals surface area contributed by atoms with Gasteiger partial charge >= 0.3 is 0 Å². The normalized spacial score (nSPS) is 7.71. The first-order valence-electron chi connectivity index (χ1n) is 1.32. The summed E-state index contributed by atoms with van der Waals surface area (Å²) in [6, 6.07) is 0. The molecule has 0 radical (unpaired) electrons. The van der Waals surface area contributed by atoms with E-state index in [-0.39, 0.29) is 4.84 Å². The third-order valence-electron chi connectivity index (χ3n) is 0. The zero-order valence-electron chi connectivity index (χ0n) is 3.50. The Balaban J connectivity index is 0. The van der Waals surface area contributed by atoms with Gasteiger partial charge in [-0.3, -0.25) is 0 Å². The molecule has 0 aliphatic carbocycles. The van der Waals surface area contributed by atoms with Gasteiger partial charge in [0.15, 0.2) is 0 Å². The van der Waals surface area contributed by atoms with Crippen molar-refractivity contribution >= 4 is 46.9 Å². The standard InChI is InChI=1S/C2H4Cl2.Cl2O/c1-2(3)4;1-3-2/h2H,1H3;. The van der Waals surface area contributed by atoms with Gasteiger partial charge in [-0.1, -0.05) is 0 Å². The van der Waals surface area contributed by atoms with Crippen molar-refractivity contribution in [2.75, 3.05) is 0 Å². The molecule has 46 valence electrons. The molecule has 0 aliphatic heterocycles. The van der Waals surface area contributed by atoms with E-state index < -0.39 is 0 Å². The summed E-state index contributed by atoms with van der Waals surface area (Å²) in [5.41, 5.74) is 0. The highest BCUT2D eigenvalue weighted by Crippen LogP contribution is 1.95. The Kier molecular flexibility index (Phi) is 16.0. The topological polar surface area (TPSA) is 9.23 Å². The van der Waals surface area contributed by atoms with Crippen LogP contribution in [0.15, 0.2) is 0 Å². The van der Waals surface area contributed by atoms with E-state index in [9.17, 15) is 0 Å². The van der Waals surface area contributed by atoms with Crippen LogP contribution in [0.2, 0.25) is 0 Å². The van der Waals surface area contributed by atoms with Gasteiger partial charge in [-0.15, -0.1) is 23.2 Å². The van der Waals surface area contributed by atoms with Gasteiger partial charge in [0.05, 0.1) is 23.7 Å². The summed E-state index contributed by atoms with van der Waals surface area (Å²) in [4.78, 5) is -0.222. The number of hydrogen-bond acceptors (Lipinski definition) is 1. The van der Waals surface area contributed by atoms with Gasteiger partial charge < -0.3 is 0 Å². The maximum absolute atomic E-state index is 5.04. The lowest BCUT2D eigenvalue weighted by Gasteiger charge is -1.72. The first-order valence-corrected chi connectivity index (χ1v) is 2.81. The van der Waals surface area contributed by atoms with Crippen LogP contribution in [0.4, 0.5) is 0 Å². The monoisotopic (exact) mass is 184 g/mol. The van der Waals surface area contributed by atoms with E-state index in [4.69, 9.17) is 23.2 Å². The lowest BCUT2D eigenvalue weighted by Crippen LogP contribution is -1.63. The van der Waals surface area contributed by atoms with Gasteiger partial charge in [-0.2, -0.15) is 3.84 Å². The third-order valence-corrected chi connectivity index (χ3v) is 0. The van der Waals surface area contributed by atoms with E-state index in [1.165, 1.54) is 0 Å². The fraction of sp³-hybridized carbons (Fsp3) is 1.00.